The van der Waals surface area contributed by atoms with Crippen LogP contribution in [-0.2, 0) is 6.54 Å². The van der Waals surface area contributed by atoms with Gasteiger partial charge in [-0.05, 0) is 49.1 Å². The van der Waals surface area contributed by atoms with Crippen LogP contribution in [0.1, 0.15) is 47.6 Å². The summed E-state index contributed by atoms with van der Waals surface area (Å²) in [7, 11) is 1.84. The van der Waals surface area contributed by atoms with E-state index >= 15 is 0 Å². The van der Waals surface area contributed by atoms with Gasteiger partial charge in [0, 0.05) is 54.6 Å². The van der Waals surface area contributed by atoms with E-state index in [9.17, 15) is 4.79 Å². The number of nitrogens with zero attached hydrogens (tertiary/aromatic N) is 4. The molecule has 1 unspecified atom stereocenters. The minimum atomic E-state index is -0.131. The number of pyridine rings is 2. The van der Waals surface area contributed by atoms with Crippen molar-refractivity contribution in [3.05, 3.63) is 66.0 Å². The van der Waals surface area contributed by atoms with Crippen molar-refractivity contribution >= 4 is 28.3 Å². The van der Waals surface area contributed by atoms with Crippen LogP contribution >= 0.6 is 0 Å². The fraction of sp³-hybridized carbons (Fsp3) is 0.280. The molecule has 7 nitrogen and oxygen atoms in total. The number of hydrogen-bond acceptors (Lipinski definition) is 5. The molecule has 4 aromatic rings. The number of carbonyl (C=O) groups excluding carboxylic acids is 1. The Morgan fingerprint density at radius 2 is 1.97 bits per heavy atom. The SMILES string of the molecule is CNc1cc2ncc(-c3cc(NC(=O)c4cnc5n4CCCC5C)ccc3C)cc2cn1. The molecule has 5 rings (SSSR count). The minimum Gasteiger partial charge on any atom is -0.373 e. The zero-order valence-corrected chi connectivity index (χ0v) is 18.5. The van der Waals surface area contributed by atoms with E-state index in [2.05, 4.69) is 50.1 Å². The average molecular weight is 427 g/mol. The number of fused-ring (bicyclic) bond motifs is 2. The Labute approximate surface area is 186 Å². The van der Waals surface area contributed by atoms with Gasteiger partial charge in [-0.3, -0.25) is 9.78 Å². The predicted molar refractivity (Wildman–Crippen MR) is 127 cm³/mol. The van der Waals surface area contributed by atoms with Gasteiger partial charge in [0.2, 0.25) is 0 Å². The van der Waals surface area contributed by atoms with E-state index in [-0.39, 0.29) is 5.91 Å². The number of aryl methyl sites for hydroxylation is 1. The summed E-state index contributed by atoms with van der Waals surface area (Å²) in [4.78, 5) is 26.5. The highest BCUT2D eigenvalue weighted by atomic mass is 16.2. The maximum Gasteiger partial charge on any atom is 0.273 e. The first-order chi connectivity index (χ1) is 15.5. The molecule has 162 valence electrons. The average Bonchev–Trinajstić information content (AvgIpc) is 3.25. The molecular weight excluding hydrogens is 400 g/mol. The van der Waals surface area contributed by atoms with E-state index in [1.165, 1.54) is 0 Å². The Hall–Kier alpha value is -3.74. The number of hydrogen-bond donors (Lipinski definition) is 2. The molecule has 0 aliphatic carbocycles. The molecule has 4 heterocycles. The summed E-state index contributed by atoms with van der Waals surface area (Å²) in [5.41, 5.74) is 5.38. The fourth-order valence-corrected chi connectivity index (χ4v) is 4.40. The number of imidazole rings is 1. The van der Waals surface area contributed by atoms with Crippen LogP contribution in [0.3, 0.4) is 0 Å². The van der Waals surface area contributed by atoms with E-state index in [0.717, 1.165) is 64.3 Å². The topological polar surface area (TPSA) is 84.7 Å². The van der Waals surface area contributed by atoms with Gasteiger partial charge in [0.1, 0.15) is 17.3 Å². The molecule has 7 heteroatoms. The van der Waals surface area contributed by atoms with Gasteiger partial charge in [-0.25, -0.2) is 9.97 Å². The summed E-state index contributed by atoms with van der Waals surface area (Å²) in [5.74, 6) is 2.04. The fourth-order valence-electron chi connectivity index (χ4n) is 4.40. The summed E-state index contributed by atoms with van der Waals surface area (Å²) in [5, 5.41) is 7.06. The van der Waals surface area contributed by atoms with E-state index in [1.807, 2.05) is 43.7 Å². The summed E-state index contributed by atoms with van der Waals surface area (Å²) >= 11 is 0. The number of aromatic nitrogens is 4. The van der Waals surface area contributed by atoms with Crippen molar-refractivity contribution in [2.75, 3.05) is 17.7 Å². The molecule has 1 aromatic carbocycles. The first-order valence-corrected chi connectivity index (χ1v) is 10.9. The van der Waals surface area contributed by atoms with Gasteiger partial charge in [0.05, 0.1) is 11.7 Å². The molecule has 1 aliphatic rings. The van der Waals surface area contributed by atoms with Crippen molar-refractivity contribution in [3.63, 3.8) is 0 Å². The third-order valence-electron chi connectivity index (χ3n) is 6.21. The number of carbonyl (C=O) groups is 1. The number of rotatable bonds is 4. The summed E-state index contributed by atoms with van der Waals surface area (Å²) in [6.45, 7) is 5.06. The Morgan fingerprint density at radius 3 is 2.81 bits per heavy atom. The lowest BCUT2D eigenvalue weighted by Gasteiger charge is -2.21. The van der Waals surface area contributed by atoms with Crippen molar-refractivity contribution in [3.8, 4) is 11.1 Å². The quantitative estimate of drug-likeness (QED) is 0.480. The Balaban J connectivity index is 1.44. The maximum atomic E-state index is 13.0. The molecule has 0 radical (unpaired) electrons. The molecule has 0 spiro atoms. The van der Waals surface area contributed by atoms with Crippen LogP contribution < -0.4 is 10.6 Å². The Bertz CT molecular complexity index is 1330. The van der Waals surface area contributed by atoms with Gasteiger partial charge >= 0.3 is 0 Å². The van der Waals surface area contributed by atoms with Crippen LogP contribution in [0.4, 0.5) is 11.5 Å². The standard InChI is InChI=1S/C25H26N6O/c1-15-6-7-19(30-25(32)22-14-29-24-16(2)5-4-8-31(22)24)10-20(15)17-9-18-13-28-23(26-3)11-21(18)27-12-17/h6-7,9-14,16H,4-5,8H2,1-3H3,(H,26,28)(H,30,32). The molecule has 1 aliphatic heterocycles. The smallest absolute Gasteiger partial charge is 0.273 e. The van der Waals surface area contributed by atoms with Crippen LogP contribution in [0.5, 0.6) is 0 Å². The zero-order valence-electron chi connectivity index (χ0n) is 18.5. The summed E-state index contributed by atoms with van der Waals surface area (Å²) < 4.78 is 2.05. The zero-order chi connectivity index (χ0) is 22.2. The van der Waals surface area contributed by atoms with Gasteiger partial charge < -0.3 is 15.2 Å². The normalized spacial score (nSPS) is 15.4. The van der Waals surface area contributed by atoms with Crippen molar-refractivity contribution < 1.29 is 4.79 Å². The van der Waals surface area contributed by atoms with Crippen LogP contribution in [-0.4, -0.2) is 32.5 Å². The highest BCUT2D eigenvalue weighted by Crippen LogP contribution is 2.30. The van der Waals surface area contributed by atoms with E-state index in [1.54, 1.807) is 6.20 Å². The van der Waals surface area contributed by atoms with Gasteiger partial charge in [0.25, 0.3) is 5.91 Å². The molecule has 32 heavy (non-hydrogen) atoms. The Kier molecular flexibility index (Phi) is 5.09. The highest BCUT2D eigenvalue weighted by molar-refractivity contribution is 6.03. The lowest BCUT2D eigenvalue weighted by molar-refractivity contribution is 0.101. The molecule has 1 atom stereocenters. The number of benzene rings is 1. The van der Waals surface area contributed by atoms with Crippen molar-refractivity contribution in [2.45, 2.75) is 39.2 Å². The molecule has 0 bridgehead atoms. The molecular formula is C25H26N6O. The van der Waals surface area contributed by atoms with Crippen molar-refractivity contribution in [1.82, 2.24) is 19.5 Å². The largest absolute Gasteiger partial charge is 0.373 e. The lowest BCUT2D eigenvalue weighted by atomic mass is 10.00. The Morgan fingerprint density at radius 1 is 1.09 bits per heavy atom. The minimum absolute atomic E-state index is 0.131. The second-order valence-corrected chi connectivity index (χ2v) is 8.42. The van der Waals surface area contributed by atoms with Crippen LogP contribution in [0.25, 0.3) is 22.0 Å². The number of anilines is 2. The van der Waals surface area contributed by atoms with Gasteiger partial charge in [-0.1, -0.05) is 13.0 Å². The first kappa shape index (κ1) is 20.2. The maximum absolute atomic E-state index is 13.0. The highest BCUT2D eigenvalue weighted by Gasteiger charge is 2.23. The van der Waals surface area contributed by atoms with Gasteiger partial charge in [-0.15, -0.1) is 0 Å². The third-order valence-corrected chi connectivity index (χ3v) is 6.21. The molecule has 1 amide bonds. The lowest BCUT2D eigenvalue weighted by Crippen LogP contribution is -2.21. The molecule has 0 saturated heterocycles. The van der Waals surface area contributed by atoms with Crippen molar-refractivity contribution in [1.29, 1.82) is 0 Å². The monoisotopic (exact) mass is 426 g/mol. The summed E-state index contributed by atoms with van der Waals surface area (Å²) in [6.07, 6.45) is 7.57. The third kappa shape index (κ3) is 3.60. The van der Waals surface area contributed by atoms with Gasteiger partial charge in [-0.2, -0.15) is 0 Å². The van der Waals surface area contributed by atoms with Crippen LogP contribution in [0, 0.1) is 6.92 Å². The first-order valence-electron chi connectivity index (χ1n) is 10.9. The van der Waals surface area contributed by atoms with E-state index < -0.39 is 0 Å². The molecule has 0 fully saturated rings. The predicted octanol–water partition coefficient (Wildman–Crippen LogP) is 4.99. The second-order valence-electron chi connectivity index (χ2n) is 8.42. The van der Waals surface area contributed by atoms with Crippen LogP contribution in [0.2, 0.25) is 0 Å². The van der Waals surface area contributed by atoms with Crippen molar-refractivity contribution in [2.24, 2.45) is 0 Å². The van der Waals surface area contributed by atoms with E-state index in [4.69, 9.17) is 0 Å². The molecule has 0 saturated carbocycles. The molecule has 3 aromatic heterocycles. The number of nitrogens with one attached hydrogen (secondary N) is 2. The van der Waals surface area contributed by atoms with Gasteiger partial charge in [0.15, 0.2) is 0 Å². The molecule has 2 N–H and O–H groups in total. The summed E-state index contributed by atoms with van der Waals surface area (Å²) in [6, 6.07) is 9.96. The second kappa shape index (κ2) is 8.07. The van der Waals surface area contributed by atoms with Crippen LogP contribution in [0.15, 0.2) is 48.9 Å². The number of amides is 1. The van der Waals surface area contributed by atoms with E-state index in [0.29, 0.717) is 11.6 Å².